The molecule has 0 amide bonds. The van der Waals surface area contributed by atoms with Crippen molar-refractivity contribution in [1.29, 1.82) is 0 Å². The first-order valence-corrected chi connectivity index (χ1v) is 7.17. The smallest absolute Gasteiger partial charge is 0.139 e. The molecule has 2 heterocycles. The molecule has 0 N–H and O–H groups in total. The van der Waals surface area contributed by atoms with Crippen molar-refractivity contribution in [3.8, 4) is 0 Å². The Morgan fingerprint density at radius 2 is 1.94 bits per heavy atom. The number of ether oxygens (including phenoxy) is 1. The van der Waals surface area contributed by atoms with E-state index >= 15 is 0 Å². The van der Waals surface area contributed by atoms with Crippen LogP contribution in [0.25, 0.3) is 0 Å². The van der Waals surface area contributed by atoms with Crippen molar-refractivity contribution in [2.75, 3.05) is 31.2 Å². The molecule has 1 aromatic carbocycles. The molecule has 1 spiro atoms. The summed E-state index contributed by atoms with van der Waals surface area (Å²) in [5, 5.41) is 0. The van der Waals surface area contributed by atoms with Gasteiger partial charge in [0.15, 0.2) is 0 Å². The molecule has 2 aliphatic heterocycles. The van der Waals surface area contributed by atoms with Crippen molar-refractivity contribution in [3.05, 3.63) is 28.0 Å². The molecule has 3 rings (SSSR count). The lowest BCUT2D eigenvalue weighted by molar-refractivity contribution is -0.000243. The molecule has 0 aliphatic carbocycles. The van der Waals surface area contributed by atoms with Gasteiger partial charge in [-0.05, 0) is 53.4 Å². The Balaban J connectivity index is 1.76. The van der Waals surface area contributed by atoms with Gasteiger partial charge in [0.1, 0.15) is 5.82 Å². The van der Waals surface area contributed by atoms with Gasteiger partial charge in [0.2, 0.25) is 0 Å². The molecule has 0 bridgehead atoms. The molecule has 4 heteroatoms. The van der Waals surface area contributed by atoms with Crippen molar-refractivity contribution >= 4 is 21.6 Å². The first kappa shape index (κ1) is 12.4. The highest BCUT2D eigenvalue weighted by molar-refractivity contribution is 9.10. The third-order valence-electron chi connectivity index (χ3n) is 4.19. The van der Waals surface area contributed by atoms with E-state index in [1.165, 1.54) is 0 Å². The number of hydrogen-bond acceptors (Lipinski definition) is 2. The lowest BCUT2D eigenvalue weighted by Crippen LogP contribution is -2.58. The van der Waals surface area contributed by atoms with Gasteiger partial charge in [-0.25, -0.2) is 4.39 Å². The van der Waals surface area contributed by atoms with Gasteiger partial charge in [-0.15, -0.1) is 0 Å². The van der Waals surface area contributed by atoms with Crippen LogP contribution in [-0.2, 0) is 4.74 Å². The summed E-state index contributed by atoms with van der Waals surface area (Å²) >= 11 is 3.23. The highest BCUT2D eigenvalue weighted by Gasteiger charge is 2.44. The van der Waals surface area contributed by atoms with Gasteiger partial charge in [-0.3, -0.25) is 0 Å². The maximum absolute atomic E-state index is 13.6. The molecule has 18 heavy (non-hydrogen) atoms. The molecule has 0 aromatic heterocycles. The minimum absolute atomic E-state index is 0.177. The lowest BCUT2D eigenvalue weighted by atomic mass is 9.73. The van der Waals surface area contributed by atoms with Gasteiger partial charge in [-0.1, -0.05) is 0 Å². The van der Waals surface area contributed by atoms with E-state index in [-0.39, 0.29) is 5.82 Å². The Hall–Kier alpha value is -0.610. The second kappa shape index (κ2) is 4.49. The molecule has 98 valence electrons. The number of halogens is 2. The molecule has 1 aromatic rings. The predicted octanol–water partition coefficient (Wildman–Crippen LogP) is 3.51. The SMILES string of the molecule is Cc1cc(Br)c(F)cc1N1CC2(CCOCC2)C1. The molecule has 2 aliphatic rings. The Bertz CT molecular complexity index is 463. The first-order chi connectivity index (χ1) is 8.60. The van der Waals surface area contributed by atoms with Gasteiger partial charge in [0.25, 0.3) is 0 Å². The van der Waals surface area contributed by atoms with E-state index in [2.05, 4.69) is 20.8 Å². The van der Waals surface area contributed by atoms with E-state index in [1.54, 1.807) is 6.07 Å². The summed E-state index contributed by atoms with van der Waals surface area (Å²) < 4.78 is 19.6. The quantitative estimate of drug-likeness (QED) is 0.786. The number of benzene rings is 1. The Labute approximate surface area is 115 Å². The van der Waals surface area contributed by atoms with Crippen LogP contribution in [0.2, 0.25) is 0 Å². The van der Waals surface area contributed by atoms with Gasteiger partial charge >= 0.3 is 0 Å². The van der Waals surface area contributed by atoms with Crippen LogP contribution >= 0.6 is 15.9 Å². The summed E-state index contributed by atoms with van der Waals surface area (Å²) in [6.45, 7) is 5.87. The number of rotatable bonds is 1. The fourth-order valence-electron chi connectivity index (χ4n) is 3.03. The average molecular weight is 314 g/mol. The van der Waals surface area contributed by atoms with Gasteiger partial charge in [0, 0.05) is 37.4 Å². The summed E-state index contributed by atoms with van der Waals surface area (Å²) in [7, 11) is 0. The Morgan fingerprint density at radius 3 is 2.61 bits per heavy atom. The van der Waals surface area contributed by atoms with Crippen LogP contribution in [0.3, 0.4) is 0 Å². The highest BCUT2D eigenvalue weighted by Crippen LogP contribution is 2.43. The van der Waals surface area contributed by atoms with Crippen LogP contribution < -0.4 is 4.90 Å². The minimum atomic E-state index is -0.177. The average Bonchev–Trinajstić information content (AvgIpc) is 2.32. The van der Waals surface area contributed by atoms with E-state index in [9.17, 15) is 4.39 Å². The van der Waals surface area contributed by atoms with Gasteiger partial charge < -0.3 is 9.64 Å². The summed E-state index contributed by atoms with van der Waals surface area (Å²) in [5.41, 5.74) is 2.59. The summed E-state index contributed by atoms with van der Waals surface area (Å²) in [4.78, 5) is 2.29. The third-order valence-corrected chi connectivity index (χ3v) is 4.79. The molecule has 0 unspecified atom stereocenters. The molecule has 0 saturated carbocycles. The predicted molar refractivity (Wildman–Crippen MR) is 73.5 cm³/mol. The molecular formula is C14H17BrFNO. The fraction of sp³-hybridized carbons (Fsp3) is 0.571. The second-order valence-corrected chi connectivity index (χ2v) is 6.38. The molecule has 0 atom stereocenters. The zero-order valence-corrected chi connectivity index (χ0v) is 12.1. The summed E-state index contributed by atoms with van der Waals surface area (Å²) in [6.07, 6.45) is 2.28. The number of hydrogen-bond donors (Lipinski definition) is 0. The standard InChI is InChI=1S/C14H17BrFNO/c1-10-6-11(15)12(16)7-13(10)17-8-14(9-17)2-4-18-5-3-14/h6-7H,2-5,8-9H2,1H3. The summed E-state index contributed by atoms with van der Waals surface area (Å²) in [5.74, 6) is -0.177. The third kappa shape index (κ3) is 2.05. The molecule has 2 nitrogen and oxygen atoms in total. The van der Waals surface area contributed by atoms with Crippen LogP contribution in [-0.4, -0.2) is 26.3 Å². The van der Waals surface area contributed by atoms with Crippen LogP contribution in [0.5, 0.6) is 0 Å². The van der Waals surface area contributed by atoms with Gasteiger partial charge in [-0.2, -0.15) is 0 Å². The largest absolute Gasteiger partial charge is 0.381 e. The normalized spacial score (nSPS) is 22.1. The van der Waals surface area contributed by atoms with Crippen molar-refractivity contribution in [1.82, 2.24) is 0 Å². The molecule has 2 saturated heterocycles. The van der Waals surface area contributed by atoms with E-state index in [1.807, 2.05) is 13.0 Å². The van der Waals surface area contributed by atoms with E-state index in [4.69, 9.17) is 4.74 Å². The van der Waals surface area contributed by atoms with Crippen LogP contribution in [0.1, 0.15) is 18.4 Å². The summed E-state index contributed by atoms with van der Waals surface area (Å²) in [6, 6.07) is 3.51. The second-order valence-electron chi connectivity index (χ2n) is 5.52. The molecular weight excluding hydrogens is 297 g/mol. The monoisotopic (exact) mass is 313 g/mol. The number of nitrogens with zero attached hydrogens (tertiary/aromatic N) is 1. The minimum Gasteiger partial charge on any atom is -0.381 e. The van der Waals surface area contributed by atoms with E-state index < -0.39 is 0 Å². The number of anilines is 1. The zero-order chi connectivity index (χ0) is 12.8. The van der Waals surface area contributed by atoms with Crippen molar-refractivity contribution in [3.63, 3.8) is 0 Å². The van der Waals surface area contributed by atoms with E-state index in [0.717, 1.165) is 50.4 Å². The maximum atomic E-state index is 13.6. The first-order valence-electron chi connectivity index (χ1n) is 6.38. The zero-order valence-electron chi connectivity index (χ0n) is 10.5. The van der Waals surface area contributed by atoms with Crippen LogP contribution in [0.4, 0.5) is 10.1 Å². The fourth-order valence-corrected chi connectivity index (χ4v) is 3.49. The maximum Gasteiger partial charge on any atom is 0.139 e. The molecule has 2 fully saturated rings. The number of aryl methyl sites for hydroxylation is 1. The van der Waals surface area contributed by atoms with Gasteiger partial charge in [0.05, 0.1) is 4.47 Å². The van der Waals surface area contributed by atoms with Crippen LogP contribution in [0, 0.1) is 18.2 Å². The van der Waals surface area contributed by atoms with Crippen LogP contribution in [0.15, 0.2) is 16.6 Å². The Kier molecular flexibility index (Phi) is 3.10. The van der Waals surface area contributed by atoms with Crippen molar-refractivity contribution in [2.24, 2.45) is 5.41 Å². The van der Waals surface area contributed by atoms with Crippen molar-refractivity contribution < 1.29 is 9.13 Å². The van der Waals surface area contributed by atoms with E-state index in [0.29, 0.717) is 9.89 Å². The Morgan fingerprint density at radius 1 is 1.28 bits per heavy atom. The van der Waals surface area contributed by atoms with Crippen molar-refractivity contribution in [2.45, 2.75) is 19.8 Å². The molecule has 0 radical (unpaired) electrons. The topological polar surface area (TPSA) is 12.5 Å². The lowest BCUT2D eigenvalue weighted by Gasteiger charge is -2.53. The highest BCUT2D eigenvalue weighted by atomic mass is 79.9.